The number of ether oxygens (including phenoxy) is 3. The standard InChI is InChI=1S/C31H51N3O6/c1-7-10-25(23(8-2)17-22-12-14-29(39-6)30(18-22)40-16-9-15-38-5)34(26-19-27(35)31(26)37)33-20-28(36)24(32)13-11-21(3)4/h12,14,18-19,21,23-25,28,33,36H,7-11,13,15-17,20,32H2,1-6H3/t23-,24+,25?,28-/m0/s1. The summed E-state index contributed by atoms with van der Waals surface area (Å²) in [6.07, 6.45) is 4.91. The SMILES string of the molecule is CCCC([C@@H](CC)Cc1ccc(OC)c(OCCCOC)c1)N(NC[C@H](O)[C@H](N)CCC(C)C)c1cc(=O)c1=O. The number of hydrazine groups is 1. The Bertz CT molecular complexity index is 1070. The molecule has 2 aromatic rings. The number of benzene rings is 1. The zero-order valence-corrected chi connectivity index (χ0v) is 25.3. The van der Waals surface area contributed by atoms with Gasteiger partial charge in [0, 0.05) is 44.8 Å². The normalized spacial score (nSPS) is 14.7. The molecule has 226 valence electrons. The van der Waals surface area contributed by atoms with Crippen molar-refractivity contribution < 1.29 is 19.3 Å². The largest absolute Gasteiger partial charge is 0.493 e. The smallest absolute Gasteiger partial charge is 0.250 e. The lowest BCUT2D eigenvalue weighted by Gasteiger charge is -2.39. The molecule has 0 bridgehead atoms. The highest BCUT2D eigenvalue weighted by molar-refractivity contribution is 5.50. The van der Waals surface area contributed by atoms with Crippen LogP contribution in [0.1, 0.15) is 71.8 Å². The van der Waals surface area contributed by atoms with Gasteiger partial charge in [0.2, 0.25) is 10.9 Å². The van der Waals surface area contributed by atoms with Gasteiger partial charge >= 0.3 is 0 Å². The fraction of sp³-hybridized carbons (Fsp3) is 0.677. The molecule has 0 aliphatic carbocycles. The number of nitrogens with one attached hydrogen (secondary N) is 1. The highest BCUT2D eigenvalue weighted by Gasteiger charge is 2.31. The molecule has 9 heteroatoms. The van der Waals surface area contributed by atoms with E-state index in [1.807, 2.05) is 23.2 Å². The fourth-order valence-corrected chi connectivity index (χ4v) is 5.00. The average molecular weight is 562 g/mol. The van der Waals surface area contributed by atoms with Crippen LogP contribution in [0.2, 0.25) is 0 Å². The van der Waals surface area contributed by atoms with Gasteiger partial charge in [0.25, 0.3) is 0 Å². The lowest BCUT2D eigenvalue weighted by molar-refractivity contribution is 0.131. The van der Waals surface area contributed by atoms with Gasteiger partial charge in [-0.1, -0.05) is 46.6 Å². The first-order valence-corrected chi connectivity index (χ1v) is 14.7. The Morgan fingerprint density at radius 2 is 1.77 bits per heavy atom. The molecular weight excluding hydrogens is 510 g/mol. The van der Waals surface area contributed by atoms with Gasteiger partial charge < -0.3 is 30.1 Å². The van der Waals surface area contributed by atoms with Crippen molar-refractivity contribution in [1.82, 2.24) is 5.43 Å². The van der Waals surface area contributed by atoms with Crippen LogP contribution in [0.3, 0.4) is 0 Å². The van der Waals surface area contributed by atoms with Gasteiger partial charge in [-0.05, 0) is 55.2 Å². The molecule has 0 amide bonds. The van der Waals surface area contributed by atoms with Gasteiger partial charge in [-0.2, -0.15) is 0 Å². The third-order valence-electron chi connectivity index (χ3n) is 7.49. The van der Waals surface area contributed by atoms with Crippen LogP contribution in [0.25, 0.3) is 0 Å². The minimum Gasteiger partial charge on any atom is -0.493 e. The predicted octanol–water partition coefficient (Wildman–Crippen LogP) is 3.58. The van der Waals surface area contributed by atoms with E-state index in [4.69, 9.17) is 19.9 Å². The molecule has 9 nitrogen and oxygen atoms in total. The van der Waals surface area contributed by atoms with Crippen LogP contribution in [0.5, 0.6) is 11.5 Å². The van der Waals surface area contributed by atoms with Crippen molar-refractivity contribution in [2.24, 2.45) is 17.6 Å². The molecule has 0 fully saturated rings. The predicted molar refractivity (Wildman–Crippen MR) is 161 cm³/mol. The summed E-state index contributed by atoms with van der Waals surface area (Å²) in [4.78, 5) is 24.5. The van der Waals surface area contributed by atoms with Gasteiger partial charge in [-0.15, -0.1) is 0 Å². The number of aliphatic hydroxyl groups excluding tert-OH is 1. The summed E-state index contributed by atoms with van der Waals surface area (Å²) >= 11 is 0. The van der Waals surface area contributed by atoms with E-state index < -0.39 is 17.0 Å². The Kier molecular flexibility index (Phi) is 14.7. The van der Waals surface area contributed by atoms with Crippen molar-refractivity contribution in [3.8, 4) is 11.5 Å². The maximum absolute atomic E-state index is 12.6. The first-order valence-electron chi connectivity index (χ1n) is 14.7. The molecule has 1 unspecified atom stereocenters. The maximum atomic E-state index is 12.6. The second-order valence-corrected chi connectivity index (χ2v) is 11.1. The van der Waals surface area contributed by atoms with E-state index in [1.54, 1.807) is 14.2 Å². The first kappa shape index (κ1) is 33.7. The van der Waals surface area contributed by atoms with Gasteiger partial charge in [-0.3, -0.25) is 9.59 Å². The number of rotatable bonds is 21. The van der Waals surface area contributed by atoms with Crippen LogP contribution in [-0.2, 0) is 11.2 Å². The number of hydrogen-bond donors (Lipinski definition) is 3. The number of hydrogen-bond acceptors (Lipinski definition) is 9. The van der Waals surface area contributed by atoms with Crippen molar-refractivity contribution in [2.45, 2.75) is 90.8 Å². The fourth-order valence-electron chi connectivity index (χ4n) is 5.00. The molecule has 2 aromatic carbocycles. The Morgan fingerprint density at radius 1 is 1.02 bits per heavy atom. The van der Waals surface area contributed by atoms with Crippen molar-refractivity contribution in [2.75, 3.05) is 39.0 Å². The topological polar surface area (TPSA) is 123 Å². The maximum Gasteiger partial charge on any atom is 0.250 e. The number of aliphatic hydroxyl groups is 1. The summed E-state index contributed by atoms with van der Waals surface area (Å²) in [6, 6.07) is 6.91. The molecule has 0 radical (unpaired) electrons. The molecule has 0 aliphatic rings. The molecular formula is C31H51N3O6. The molecule has 0 spiro atoms. The first-order chi connectivity index (χ1) is 19.2. The quantitative estimate of drug-likeness (QED) is 0.119. The highest BCUT2D eigenvalue weighted by atomic mass is 16.5. The van der Waals surface area contributed by atoms with Gasteiger partial charge in [0.15, 0.2) is 11.5 Å². The van der Waals surface area contributed by atoms with Crippen LogP contribution in [-0.4, -0.2) is 57.3 Å². The molecule has 0 saturated carbocycles. The van der Waals surface area contributed by atoms with Crippen LogP contribution < -0.4 is 36.5 Å². The summed E-state index contributed by atoms with van der Waals surface area (Å²) in [5.41, 5.74) is 10.0. The third-order valence-corrected chi connectivity index (χ3v) is 7.49. The molecule has 4 N–H and O–H groups in total. The van der Waals surface area contributed by atoms with E-state index in [1.165, 1.54) is 6.07 Å². The molecule has 0 aliphatic heterocycles. The second-order valence-electron chi connectivity index (χ2n) is 11.1. The summed E-state index contributed by atoms with van der Waals surface area (Å²) in [5.74, 6) is 2.02. The van der Waals surface area contributed by atoms with E-state index >= 15 is 0 Å². The van der Waals surface area contributed by atoms with Crippen LogP contribution in [0.4, 0.5) is 5.69 Å². The van der Waals surface area contributed by atoms with Gasteiger partial charge in [-0.25, -0.2) is 5.43 Å². The molecule has 0 saturated heterocycles. The van der Waals surface area contributed by atoms with Gasteiger partial charge in [0.05, 0.1) is 19.8 Å². The number of nitrogens with zero attached hydrogens (tertiary/aromatic N) is 1. The number of methoxy groups -OCH3 is 2. The summed E-state index contributed by atoms with van der Waals surface area (Å²) in [7, 11) is 3.29. The van der Waals surface area contributed by atoms with E-state index in [2.05, 4.69) is 33.1 Å². The van der Waals surface area contributed by atoms with E-state index in [0.717, 1.165) is 44.1 Å². The lowest BCUT2D eigenvalue weighted by Crippen LogP contribution is -2.57. The molecule has 4 atom stereocenters. The summed E-state index contributed by atoms with van der Waals surface area (Å²) in [5, 5.41) is 12.6. The molecule has 0 aromatic heterocycles. The molecule has 40 heavy (non-hydrogen) atoms. The Hall–Kier alpha value is -2.46. The Balaban J connectivity index is 2.27. The highest BCUT2D eigenvalue weighted by Crippen LogP contribution is 2.32. The summed E-state index contributed by atoms with van der Waals surface area (Å²) in [6.45, 7) is 9.83. The van der Waals surface area contributed by atoms with Crippen molar-refractivity contribution in [3.63, 3.8) is 0 Å². The van der Waals surface area contributed by atoms with Crippen molar-refractivity contribution in [3.05, 3.63) is 50.3 Å². The van der Waals surface area contributed by atoms with Gasteiger partial charge in [0.1, 0.15) is 5.69 Å². The van der Waals surface area contributed by atoms with Crippen LogP contribution in [0, 0.1) is 11.8 Å². The minimum absolute atomic E-state index is 0.0782. The second kappa shape index (κ2) is 17.4. The number of nitrogens with two attached hydrogens (primary N) is 1. The van der Waals surface area contributed by atoms with E-state index in [-0.39, 0.29) is 24.5 Å². The zero-order valence-electron chi connectivity index (χ0n) is 25.3. The monoisotopic (exact) mass is 561 g/mol. The Labute approximate surface area is 239 Å². The van der Waals surface area contributed by atoms with Crippen molar-refractivity contribution >= 4 is 5.69 Å². The number of anilines is 1. The van der Waals surface area contributed by atoms with E-state index in [9.17, 15) is 14.7 Å². The average Bonchev–Trinajstić information content (AvgIpc) is 2.95. The Morgan fingerprint density at radius 3 is 2.35 bits per heavy atom. The minimum atomic E-state index is -0.783. The van der Waals surface area contributed by atoms with E-state index in [0.29, 0.717) is 42.7 Å². The molecule has 0 heterocycles. The zero-order chi connectivity index (χ0) is 29.7. The van der Waals surface area contributed by atoms with Crippen LogP contribution >= 0.6 is 0 Å². The van der Waals surface area contributed by atoms with Crippen LogP contribution in [0.15, 0.2) is 33.9 Å². The lowest BCUT2D eigenvalue weighted by atomic mass is 9.86. The molecule has 2 rings (SSSR count). The van der Waals surface area contributed by atoms with Crippen molar-refractivity contribution in [1.29, 1.82) is 0 Å². The third kappa shape index (κ3) is 9.87. The summed E-state index contributed by atoms with van der Waals surface area (Å²) < 4.78 is 16.6.